The third kappa shape index (κ3) is 2.75. The first-order chi connectivity index (χ1) is 8.99. The number of aromatic hydroxyl groups is 1. The second-order valence-electron chi connectivity index (χ2n) is 4.59. The Kier molecular flexibility index (Phi) is 3.55. The van der Waals surface area contributed by atoms with Crippen LogP contribution in [0, 0.1) is 16.0 Å². The maximum atomic E-state index is 11.1. The fourth-order valence-corrected chi connectivity index (χ4v) is 2.29. The molecule has 0 atom stereocenters. The molecule has 0 aliphatic carbocycles. The van der Waals surface area contributed by atoms with Crippen molar-refractivity contribution < 1.29 is 14.8 Å². The molecule has 2 rings (SSSR count). The normalized spacial score (nSPS) is 16.3. The van der Waals surface area contributed by atoms with E-state index in [-0.39, 0.29) is 23.3 Å². The second-order valence-corrected chi connectivity index (χ2v) is 4.59. The zero-order valence-corrected chi connectivity index (χ0v) is 10.3. The van der Waals surface area contributed by atoms with E-state index in [0.29, 0.717) is 31.6 Å². The summed E-state index contributed by atoms with van der Waals surface area (Å²) in [5.74, 6) is -0.742. The lowest BCUT2D eigenvalue weighted by atomic mass is 9.96. The summed E-state index contributed by atoms with van der Waals surface area (Å²) in [7, 11) is 0. The molecule has 1 amide bonds. The monoisotopic (exact) mass is 265 g/mol. The standard InChI is InChI=1S/C12H15N3O4/c13-12(17)8-3-5-14(6-4-8)9-1-2-10(15(18)19)11(16)7-9/h1-2,7-8,16H,3-6H2,(H2,13,17). The first-order valence-corrected chi connectivity index (χ1v) is 6.00. The van der Waals surface area contributed by atoms with Crippen LogP contribution in [0.4, 0.5) is 11.4 Å². The number of hydrogen-bond donors (Lipinski definition) is 2. The number of rotatable bonds is 3. The number of anilines is 1. The molecule has 0 radical (unpaired) electrons. The minimum atomic E-state index is -0.627. The van der Waals surface area contributed by atoms with Crippen molar-refractivity contribution in [2.45, 2.75) is 12.8 Å². The summed E-state index contributed by atoms with van der Waals surface area (Å²) >= 11 is 0. The van der Waals surface area contributed by atoms with Crippen molar-refractivity contribution in [2.24, 2.45) is 11.7 Å². The molecule has 0 saturated carbocycles. The predicted octanol–water partition coefficient (Wildman–Crippen LogP) is 1.00. The Morgan fingerprint density at radius 1 is 1.42 bits per heavy atom. The summed E-state index contributed by atoms with van der Waals surface area (Å²) in [6.07, 6.45) is 1.32. The molecule has 1 heterocycles. The number of nitro benzene ring substituents is 1. The van der Waals surface area contributed by atoms with E-state index in [1.165, 1.54) is 12.1 Å². The highest BCUT2D eigenvalue weighted by Crippen LogP contribution is 2.32. The van der Waals surface area contributed by atoms with Crippen molar-refractivity contribution in [2.75, 3.05) is 18.0 Å². The summed E-state index contributed by atoms with van der Waals surface area (Å²) in [5.41, 5.74) is 5.66. The van der Waals surface area contributed by atoms with Gasteiger partial charge in [-0.2, -0.15) is 0 Å². The van der Waals surface area contributed by atoms with E-state index in [0.717, 1.165) is 0 Å². The molecule has 0 aromatic heterocycles. The maximum Gasteiger partial charge on any atom is 0.310 e. The summed E-state index contributed by atoms with van der Waals surface area (Å²) in [6, 6.07) is 4.26. The molecule has 0 spiro atoms. The highest BCUT2D eigenvalue weighted by Gasteiger charge is 2.24. The third-order valence-corrected chi connectivity index (χ3v) is 3.42. The van der Waals surface area contributed by atoms with E-state index < -0.39 is 4.92 Å². The largest absolute Gasteiger partial charge is 0.502 e. The molecule has 19 heavy (non-hydrogen) atoms. The van der Waals surface area contributed by atoms with Gasteiger partial charge in [0.05, 0.1) is 4.92 Å². The molecule has 1 aliphatic heterocycles. The topological polar surface area (TPSA) is 110 Å². The fraction of sp³-hybridized carbons (Fsp3) is 0.417. The van der Waals surface area contributed by atoms with Gasteiger partial charge in [0.2, 0.25) is 5.91 Å². The molecule has 3 N–H and O–H groups in total. The lowest BCUT2D eigenvalue weighted by molar-refractivity contribution is -0.385. The molecule has 0 unspecified atom stereocenters. The summed E-state index contributed by atoms with van der Waals surface area (Å²) in [5, 5.41) is 20.2. The van der Waals surface area contributed by atoms with Crippen molar-refractivity contribution in [3.05, 3.63) is 28.3 Å². The molecule has 7 nitrogen and oxygen atoms in total. The number of nitrogens with zero attached hydrogens (tertiary/aromatic N) is 2. The van der Waals surface area contributed by atoms with Gasteiger partial charge in [0.1, 0.15) is 0 Å². The van der Waals surface area contributed by atoms with Crippen molar-refractivity contribution in [1.29, 1.82) is 0 Å². The number of carbonyl (C=O) groups excluding carboxylic acids is 1. The van der Waals surface area contributed by atoms with E-state index >= 15 is 0 Å². The van der Waals surface area contributed by atoms with E-state index in [2.05, 4.69) is 0 Å². The Bertz CT molecular complexity index is 510. The van der Waals surface area contributed by atoms with Crippen LogP contribution < -0.4 is 10.6 Å². The number of nitro groups is 1. The van der Waals surface area contributed by atoms with Gasteiger partial charge in [-0.15, -0.1) is 0 Å². The predicted molar refractivity (Wildman–Crippen MR) is 68.9 cm³/mol. The van der Waals surface area contributed by atoms with E-state index in [4.69, 9.17) is 5.73 Å². The Labute approximate surface area is 109 Å². The number of piperidine rings is 1. The van der Waals surface area contributed by atoms with Crippen LogP contribution >= 0.6 is 0 Å². The van der Waals surface area contributed by atoms with Gasteiger partial charge in [-0.3, -0.25) is 14.9 Å². The van der Waals surface area contributed by atoms with Crippen molar-refractivity contribution in [3.8, 4) is 5.75 Å². The quantitative estimate of drug-likeness (QED) is 0.625. The number of hydrogen-bond acceptors (Lipinski definition) is 5. The first-order valence-electron chi connectivity index (χ1n) is 6.00. The highest BCUT2D eigenvalue weighted by molar-refractivity contribution is 5.77. The Morgan fingerprint density at radius 3 is 2.53 bits per heavy atom. The Hall–Kier alpha value is -2.31. The molecule has 1 aliphatic rings. The number of nitrogens with two attached hydrogens (primary N) is 1. The summed E-state index contributed by atoms with van der Waals surface area (Å²) < 4.78 is 0. The Morgan fingerprint density at radius 2 is 2.05 bits per heavy atom. The molecule has 1 aromatic carbocycles. The molecule has 102 valence electrons. The van der Waals surface area contributed by atoms with Crippen LogP contribution in [0.1, 0.15) is 12.8 Å². The zero-order valence-electron chi connectivity index (χ0n) is 10.3. The molecular weight excluding hydrogens is 250 g/mol. The van der Waals surface area contributed by atoms with Crippen LogP contribution in [0.25, 0.3) is 0 Å². The van der Waals surface area contributed by atoms with E-state index in [9.17, 15) is 20.0 Å². The van der Waals surface area contributed by atoms with Crippen molar-refractivity contribution >= 4 is 17.3 Å². The van der Waals surface area contributed by atoms with Crippen LogP contribution in [0.15, 0.2) is 18.2 Å². The third-order valence-electron chi connectivity index (χ3n) is 3.42. The molecule has 7 heteroatoms. The lowest BCUT2D eigenvalue weighted by Gasteiger charge is -2.32. The lowest BCUT2D eigenvalue weighted by Crippen LogP contribution is -2.38. The molecule has 1 aromatic rings. The van der Waals surface area contributed by atoms with E-state index in [1.54, 1.807) is 6.07 Å². The van der Waals surface area contributed by atoms with Gasteiger partial charge in [0.25, 0.3) is 0 Å². The van der Waals surface area contributed by atoms with Gasteiger partial charge in [0.15, 0.2) is 5.75 Å². The number of amides is 1. The van der Waals surface area contributed by atoms with Crippen LogP contribution in [-0.4, -0.2) is 29.0 Å². The van der Waals surface area contributed by atoms with Crippen molar-refractivity contribution in [3.63, 3.8) is 0 Å². The van der Waals surface area contributed by atoms with Gasteiger partial charge in [-0.05, 0) is 18.9 Å². The first kappa shape index (κ1) is 13.1. The molecular formula is C12H15N3O4. The SMILES string of the molecule is NC(=O)C1CCN(c2ccc([N+](=O)[O-])c(O)c2)CC1. The smallest absolute Gasteiger partial charge is 0.310 e. The minimum absolute atomic E-state index is 0.108. The van der Waals surface area contributed by atoms with Crippen molar-refractivity contribution in [1.82, 2.24) is 0 Å². The van der Waals surface area contributed by atoms with Gasteiger partial charge in [0, 0.05) is 36.8 Å². The Balaban J connectivity index is 2.10. The van der Waals surface area contributed by atoms with Gasteiger partial charge in [-0.1, -0.05) is 0 Å². The number of benzene rings is 1. The second kappa shape index (κ2) is 5.13. The number of phenolic OH excluding ortho intramolecular Hbond substituents is 1. The summed E-state index contributed by atoms with van der Waals surface area (Å²) in [4.78, 5) is 23.0. The van der Waals surface area contributed by atoms with Crippen LogP contribution in [0.2, 0.25) is 0 Å². The average molecular weight is 265 g/mol. The highest BCUT2D eigenvalue weighted by atomic mass is 16.6. The van der Waals surface area contributed by atoms with Gasteiger partial charge >= 0.3 is 5.69 Å². The zero-order chi connectivity index (χ0) is 14.0. The number of carbonyl (C=O) groups is 1. The van der Waals surface area contributed by atoms with Gasteiger partial charge in [-0.25, -0.2) is 0 Å². The van der Waals surface area contributed by atoms with E-state index in [1.807, 2.05) is 4.90 Å². The number of primary amides is 1. The van der Waals surface area contributed by atoms with Crippen LogP contribution in [0.5, 0.6) is 5.75 Å². The summed E-state index contributed by atoms with van der Waals surface area (Å²) in [6.45, 7) is 1.29. The molecule has 1 fully saturated rings. The maximum absolute atomic E-state index is 11.1. The average Bonchev–Trinajstić information content (AvgIpc) is 2.38. The number of phenols is 1. The van der Waals surface area contributed by atoms with Crippen LogP contribution in [-0.2, 0) is 4.79 Å². The van der Waals surface area contributed by atoms with Gasteiger partial charge < -0.3 is 15.7 Å². The minimum Gasteiger partial charge on any atom is -0.502 e. The molecule has 1 saturated heterocycles. The fourth-order valence-electron chi connectivity index (χ4n) is 2.29. The van der Waals surface area contributed by atoms with Crippen LogP contribution in [0.3, 0.4) is 0 Å². The molecule has 0 bridgehead atoms.